The average Bonchev–Trinajstić information content (AvgIpc) is 3.62. The fraction of sp³-hybridized carbons (Fsp3) is 0.108. The SMILES string of the molecule is Cc1cc(C)c(-c2ccnn2-c2ccc3c(c2)C2(c4ccccc4-c4ccccc42)c2ccccc2-3)c(C)c1. The minimum Gasteiger partial charge on any atom is -0.233 e. The van der Waals surface area contributed by atoms with Crippen LogP contribution in [0.3, 0.4) is 0 Å². The summed E-state index contributed by atoms with van der Waals surface area (Å²) < 4.78 is 2.12. The molecule has 186 valence electrons. The summed E-state index contributed by atoms with van der Waals surface area (Å²) in [7, 11) is 0. The van der Waals surface area contributed by atoms with Gasteiger partial charge in [0.05, 0.1) is 23.0 Å². The third-order valence-corrected chi connectivity index (χ3v) is 8.80. The Morgan fingerprint density at radius 2 is 1.05 bits per heavy atom. The molecular formula is C37H28N2. The Hall–Kier alpha value is -4.69. The van der Waals surface area contributed by atoms with Gasteiger partial charge < -0.3 is 0 Å². The van der Waals surface area contributed by atoms with Crippen LogP contribution < -0.4 is 0 Å². The van der Waals surface area contributed by atoms with Crippen molar-refractivity contribution in [3.63, 3.8) is 0 Å². The van der Waals surface area contributed by atoms with Crippen LogP contribution in [0.25, 0.3) is 39.2 Å². The third kappa shape index (κ3) is 2.84. The van der Waals surface area contributed by atoms with Gasteiger partial charge in [0.2, 0.25) is 0 Å². The number of nitrogens with zero attached hydrogens (tertiary/aromatic N) is 2. The normalized spacial score (nSPS) is 13.7. The van der Waals surface area contributed by atoms with E-state index in [2.05, 4.69) is 135 Å². The van der Waals surface area contributed by atoms with Gasteiger partial charge in [-0.3, -0.25) is 0 Å². The molecule has 2 nitrogen and oxygen atoms in total. The summed E-state index contributed by atoms with van der Waals surface area (Å²) in [6, 6.07) is 40.5. The highest BCUT2D eigenvalue weighted by Crippen LogP contribution is 2.62. The molecule has 0 amide bonds. The predicted molar refractivity (Wildman–Crippen MR) is 160 cm³/mol. The monoisotopic (exact) mass is 500 g/mol. The molecule has 1 spiro atoms. The zero-order chi connectivity index (χ0) is 26.3. The van der Waals surface area contributed by atoms with E-state index >= 15 is 0 Å². The second-order valence-corrected chi connectivity index (χ2v) is 11.0. The maximum atomic E-state index is 4.86. The molecule has 0 unspecified atom stereocenters. The topological polar surface area (TPSA) is 17.8 Å². The molecule has 0 saturated heterocycles. The van der Waals surface area contributed by atoms with Gasteiger partial charge in [-0.15, -0.1) is 0 Å². The van der Waals surface area contributed by atoms with Gasteiger partial charge in [0, 0.05) is 5.56 Å². The van der Waals surface area contributed by atoms with Crippen molar-refractivity contribution in [2.45, 2.75) is 26.2 Å². The first-order valence-electron chi connectivity index (χ1n) is 13.7. The molecule has 0 aliphatic heterocycles. The van der Waals surface area contributed by atoms with Gasteiger partial charge in [0.25, 0.3) is 0 Å². The first-order valence-corrected chi connectivity index (χ1v) is 13.7. The van der Waals surface area contributed by atoms with Crippen LogP contribution in [0.2, 0.25) is 0 Å². The van der Waals surface area contributed by atoms with Crippen molar-refractivity contribution in [3.05, 3.63) is 154 Å². The van der Waals surface area contributed by atoms with Crippen molar-refractivity contribution in [2.75, 3.05) is 0 Å². The maximum absolute atomic E-state index is 4.86. The quantitative estimate of drug-likeness (QED) is 0.232. The van der Waals surface area contributed by atoms with Gasteiger partial charge >= 0.3 is 0 Å². The van der Waals surface area contributed by atoms with E-state index in [-0.39, 0.29) is 5.41 Å². The van der Waals surface area contributed by atoms with Crippen LogP contribution in [-0.2, 0) is 5.41 Å². The van der Waals surface area contributed by atoms with Crippen molar-refractivity contribution in [2.24, 2.45) is 0 Å². The molecule has 0 saturated carbocycles. The summed E-state index contributed by atoms with van der Waals surface area (Å²) in [6.07, 6.45) is 1.92. The predicted octanol–water partition coefficient (Wildman–Crippen LogP) is 8.81. The number of benzene rings is 5. The van der Waals surface area contributed by atoms with Gasteiger partial charge in [-0.05, 0) is 94.6 Å². The molecule has 2 aliphatic rings. The number of fused-ring (bicyclic) bond motifs is 10. The van der Waals surface area contributed by atoms with Crippen LogP contribution in [0.15, 0.2) is 115 Å². The molecule has 0 atom stereocenters. The van der Waals surface area contributed by atoms with Crippen molar-refractivity contribution in [1.29, 1.82) is 0 Å². The van der Waals surface area contributed by atoms with Crippen LogP contribution in [0, 0.1) is 20.8 Å². The first kappa shape index (κ1) is 22.3. The van der Waals surface area contributed by atoms with Crippen LogP contribution in [0.5, 0.6) is 0 Å². The van der Waals surface area contributed by atoms with Gasteiger partial charge in [0.1, 0.15) is 0 Å². The lowest BCUT2D eigenvalue weighted by Crippen LogP contribution is -2.26. The molecule has 0 bridgehead atoms. The van der Waals surface area contributed by atoms with E-state index in [1.807, 2.05) is 6.20 Å². The van der Waals surface area contributed by atoms with E-state index in [9.17, 15) is 0 Å². The molecule has 0 fully saturated rings. The fourth-order valence-electron chi connectivity index (χ4n) is 7.50. The summed E-state index contributed by atoms with van der Waals surface area (Å²) in [5, 5.41) is 4.86. The number of aryl methyl sites for hydroxylation is 3. The lowest BCUT2D eigenvalue weighted by Gasteiger charge is -2.30. The Bertz CT molecular complexity index is 1870. The molecule has 39 heavy (non-hydrogen) atoms. The van der Waals surface area contributed by atoms with Crippen LogP contribution in [0.1, 0.15) is 38.9 Å². The summed E-state index contributed by atoms with van der Waals surface area (Å²) in [4.78, 5) is 0. The van der Waals surface area contributed by atoms with E-state index in [1.165, 1.54) is 66.8 Å². The zero-order valence-corrected chi connectivity index (χ0v) is 22.4. The second kappa shape index (κ2) is 7.91. The summed E-state index contributed by atoms with van der Waals surface area (Å²) in [5.41, 5.74) is 17.6. The number of hydrogen-bond acceptors (Lipinski definition) is 1. The van der Waals surface area contributed by atoms with Gasteiger partial charge in [-0.2, -0.15) is 5.10 Å². The highest BCUT2D eigenvalue weighted by atomic mass is 15.3. The zero-order valence-electron chi connectivity index (χ0n) is 22.4. The van der Waals surface area contributed by atoms with Crippen molar-refractivity contribution < 1.29 is 0 Å². The maximum Gasteiger partial charge on any atom is 0.0746 e. The third-order valence-electron chi connectivity index (χ3n) is 8.80. The lowest BCUT2D eigenvalue weighted by atomic mass is 9.70. The summed E-state index contributed by atoms with van der Waals surface area (Å²) >= 11 is 0. The fourth-order valence-corrected chi connectivity index (χ4v) is 7.50. The minimum atomic E-state index is -0.349. The molecule has 0 N–H and O–H groups in total. The lowest BCUT2D eigenvalue weighted by molar-refractivity contribution is 0.788. The summed E-state index contributed by atoms with van der Waals surface area (Å²) in [6.45, 7) is 6.57. The van der Waals surface area contributed by atoms with Crippen molar-refractivity contribution in [1.82, 2.24) is 9.78 Å². The molecule has 0 radical (unpaired) electrons. The van der Waals surface area contributed by atoms with Gasteiger partial charge in [0.15, 0.2) is 0 Å². The Morgan fingerprint density at radius 3 is 1.62 bits per heavy atom. The minimum absolute atomic E-state index is 0.349. The molecule has 2 heteroatoms. The van der Waals surface area contributed by atoms with E-state index in [4.69, 9.17) is 5.10 Å². The molecule has 8 rings (SSSR count). The van der Waals surface area contributed by atoms with E-state index in [1.54, 1.807) is 0 Å². The smallest absolute Gasteiger partial charge is 0.0746 e. The highest BCUT2D eigenvalue weighted by molar-refractivity contribution is 5.95. The number of rotatable bonds is 2. The molecule has 1 aromatic heterocycles. The van der Waals surface area contributed by atoms with Crippen LogP contribution >= 0.6 is 0 Å². The van der Waals surface area contributed by atoms with Gasteiger partial charge in [-0.1, -0.05) is 96.6 Å². The Morgan fingerprint density at radius 1 is 0.538 bits per heavy atom. The van der Waals surface area contributed by atoms with E-state index in [0.29, 0.717) is 0 Å². The summed E-state index contributed by atoms with van der Waals surface area (Å²) in [5.74, 6) is 0. The largest absolute Gasteiger partial charge is 0.233 e. The molecular weight excluding hydrogens is 472 g/mol. The van der Waals surface area contributed by atoms with E-state index < -0.39 is 0 Å². The first-order chi connectivity index (χ1) is 19.1. The average molecular weight is 501 g/mol. The second-order valence-electron chi connectivity index (χ2n) is 11.0. The highest BCUT2D eigenvalue weighted by Gasteiger charge is 2.51. The van der Waals surface area contributed by atoms with Crippen molar-refractivity contribution in [3.8, 4) is 39.2 Å². The van der Waals surface area contributed by atoms with Crippen molar-refractivity contribution >= 4 is 0 Å². The van der Waals surface area contributed by atoms with Crippen LogP contribution in [-0.4, -0.2) is 9.78 Å². The molecule has 5 aromatic carbocycles. The van der Waals surface area contributed by atoms with Crippen LogP contribution in [0.4, 0.5) is 0 Å². The van der Waals surface area contributed by atoms with Gasteiger partial charge in [-0.25, -0.2) is 4.68 Å². The Kier molecular flexibility index (Phi) is 4.52. The number of hydrogen-bond donors (Lipinski definition) is 0. The number of aromatic nitrogens is 2. The molecule has 1 heterocycles. The Labute approximate surface area is 229 Å². The van der Waals surface area contributed by atoms with E-state index in [0.717, 1.165) is 11.4 Å². The Balaban J connectivity index is 1.43. The molecule has 6 aromatic rings. The molecule has 2 aliphatic carbocycles. The standard InChI is InChI=1S/C37H28N2/c1-23-20-24(2)36(25(3)21-23)35-18-19-38-39(35)26-16-17-30-29-12-6-9-15-33(29)37(34(30)22-26)31-13-7-4-10-27(31)28-11-5-8-14-32(28)37/h4-22H,1-3H3.